The van der Waals surface area contributed by atoms with E-state index in [-0.39, 0.29) is 17.6 Å². The van der Waals surface area contributed by atoms with Gasteiger partial charge in [-0.2, -0.15) is 0 Å². The van der Waals surface area contributed by atoms with Gasteiger partial charge in [-0.15, -0.1) is 0 Å². The van der Waals surface area contributed by atoms with Gasteiger partial charge in [-0.3, -0.25) is 4.79 Å². The number of rotatable bonds is 1. The minimum atomic E-state index is -0.279. The maximum Gasteiger partial charge on any atom is 0.246 e. The summed E-state index contributed by atoms with van der Waals surface area (Å²) in [6.07, 6.45) is 6.86. The summed E-state index contributed by atoms with van der Waals surface area (Å²) in [6.45, 7) is 3.31. The smallest absolute Gasteiger partial charge is 0.246 e. The van der Waals surface area contributed by atoms with Crippen molar-refractivity contribution in [3.05, 3.63) is 17.7 Å². The van der Waals surface area contributed by atoms with Gasteiger partial charge >= 0.3 is 0 Å². The van der Waals surface area contributed by atoms with Gasteiger partial charge in [-0.1, -0.05) is 0 Å². The lowest BCUT2D eigenvalue weighted by atomic mass is 9.88. The molecule has 3 aliphatic heterocycles. The van der Waals surface area contributed by atoms with Gasteiger partial charge in [0.15, 0.2) is 0 Å². The van der Waals surface area contributed by atoms with Crippen molar-refractivity contribution in [1.29, 1.82) is 0 Å². The Kier molecular flexibility index (Phi) is 3.23. The zero-order chi connectivity index (χ0) is 14.3. The maximum absolute atomic E-state index is 12.8. The van der Waals surface area contributed by atoms with Crippen LogP contribution in [-0.2, 0) is 16.0 Å². The van der Waals surface area contributed by atoms with E-state index in [0.717, 1.165) is 69.7 Å². The summed E-state index contributed by atoms with van der Waals surface area (Å²) in [7, 11) is 0. The molecule has 1 amide bonds. The molecule has 1 aromatic heterocycles. The number of nitrogens with zero attached hydrogens (tertiary/aromatic N) is 2. The van der Waals surface area contributed by atoms with Gasteiger partial charge in [-0.05, 0) is 25.7 Å². The molecule has 1 spiro atoms. The van der Waals surface area contributed by atoms with Crippen LogP contribution in [0.1, 0.15) is 43.1 Å². The second-order valence-electron chi connectivity index (χ2n) is 6.36. The molecule has 2 fully saturated rings. The Morgan fingerprint density at radius 3 is 3.00 bits per heavy atom. The minimum Gasteiger partial charge on any atom is -0.375 e. The number of imidazole rings is 1. The van der Waals surface area contributed by atoms with Crippen molar-refractivity contribution in [2.24, 2.45) is 0 Å². The molecule has 114 valence electrons. The lowest BCUT2D eigenvalue weighted by Crippen LogP contribution is -2.50. The third-order valence-electron chi connectivity index (χ3n) is 5.17. The van der Waals surface area contributed by atoms with Crippen molar-refractivity contribution in [1.82, 2.24) is 20.2 Å². The number of nitrogens with one attached hydrogen (secondary N) is 2. The van der Waals surface area contributed by atoms with Crippen LogP contribution < -0.4 is 5.32 Å². The van der Waals surface area contributed by atoms with Crippen LogP contribution in [0.3, 0.4) is 0 Å². The van der Waals surface area contributed by atoms with Gasteiger partial charge in [0.1, 0.15) is 6.04 Å². The Morgan fingerprint density at radius 1 is 1.38 bits per heavy atom. The van der Waals surface area contributed by atoms with Crippen LogP contribution in [0.25, 0.3) is 0 Å². The van der Waals surface area contributed by atoms with Gasteiger partial charge in [0, 0.05) is 38.4 Å². The average molecular weight is 290 g/mol. The quantitative estimate of drug-likeness (QED) is 0.801. The summed E-state index contributed by atoms with van der Waals surface area (Å²) >= 11 is 0. The summed E-state index contributed by atoms with van der Waals surface area (Å²) in [5, 5.41) is 3.31. The molecule has 0 radical (unpaired) electrons. The molecule has 1 atom stereocenters. The van der Waals surface area contributed by atoms with E-state index in [1.54, 1.807) is 6.33 Å². The number of aromatic amines is 1. The highest BCUT2D eigenvalue weighted by Gasteiger charge is 2.41. The molecule has 4 heterocycles. The van der Waals surface area contributed by atoms with Gasteiger partial charge in [0.2, 0.25) is 5.91 Å². The second kappa shape index (κ2) is 5.10. The summed E-state index contributed by atoms with van der Waals surface area (Å²) < 4.78 is 5.93. The van der Waals surface area contributed by atoms with Crippen LogP contribution in [0, 0.1) is 0 Å². The lowest BCUT2D eigenvalue weighted by Gasteiger charge is -2.40. The predicted molar refractivity (Wildman–Crippen MR) is 76.8 cm³/mol. The zero-order valence-electron chi connectivity index (χ0n) is 12.2. The molecule has 21 heavy (non-hydrogen) atoms. The second-order valence-corrected chi connectivity index (χ2v) is 6.36. The highest BCUT2D eigenvalue weighted by atomic mass is 16.5. The average Bonchev–Trinajstić information content (AvgIpc) is 3.16. The van der Waals surface area contributed by atoms with E-state index in [2.05, 4.69) is 15.3 Å². The molecule has 2 N–H and O–H groups in total. The predicted octanol–water partition coefficient (Wildman–Crippen LogP) is 0.768. The van der Waals surface area contributed by atoms with E-state index >= 15 is 0 Å². The normalized spacial score (nSPS) is 27.8. The minimum absolute atomic E-state index is 0.0638. The van der Waals surface area contributed by atoms with E-state index in [1.165, 1.54) is 0 Å². The molecule has 3 aliphatic rings. The highest BCUT2D eigenvalue weighted by molar-refractivity contribution is 5.83. The van der Waals surface area contributed by atoms with Crippen LogP contribution in [-0.4, -0.2) is 52.6 Å². The number of piperidine rings is 1. The molecule has 0 aliphatic carbocycles. The fourth-order valence-electron chi connectivity index (χ4n) is 3.89. The molecule has 4 rings (SSSR count). The Morgan fingerprint density at radius 2 is 2.24 bits per heavy atom. The van der Waals surface area contributed by atoms with Crippen LogP contribution in [0.4, 0.5) is 0 Å². The Bertz CT molecular complexity index is 526. The molecule has 0 bridgehead atoms. The number of likely N-dealkylation sites (tertiary alicyclic amines) is 1. The molecular weight excluding hydrogens is 268 g/mol. The van der Waals surface area contributed by atoms with Crippen molar-refractivity contribution >= 4 is 5.91 Å². The Hall–Kier alpha value is -1.40. The summed E-state index contributed by atoms with van der Waals surface area (Å²) in [5.41, 5.74) is 2.04. The summed E-state index contributed by atoms with van der Waals surface area (Å²) in [6, 6.07) is -0.279. The van der Waals surface area contributed by atoms with Crippen molar-refractivity contribution in [2.75, 3.05) is 26.2 Å². The first-order chi connectivity index (χ1) is 10.3. The zero-order valence-corrected chi connectivity index (χ0v) is 12.2. The van der Waals surface area contributed by atoms with E-state index in [4.69, 9.17) is 4.74 Å². The topological polar surface area (TPSA) is 70.2 Å². The third-order valence-corrected chi connectivity index (χ3v) is 5.17. The number of ether oxygens (including phenoxy) is 1. The molecule has 1 aromatic rings. The maximum atomic E-state index is 12.8. The van der Waals surface area contributed by atoms with Crippen molar-refractivity contribution in [3.8, 4) is 0 Å². The number of fused-ring (bicyclic) bond motifs is 1. The van der Waals surface area contributed by atoms with Crippen LogP contribution in [0.2, 0.25) is 0 Å². The lowest BCUT2D eigenvalue weighted by molar-refractivity contribution is -0.138. The number of carbonyl (C=O) groups is 1. The van der Waals surface area contributed by atoms with Crippen molar-refractivity contribution < 1.29 is 9.53 Å². The number of H-pyrrole nitrogens is 1. The van der Waals surface area contributed by atoms with E-state index < -0.39 is 0 Å². The highest BCUT2D eigenvalue weighted by Crippen LogP contribution is 2.36. The van der Waals surface area contributed by atoms with Gasteiger partial charge in [0.25, 0.3) is 0 Å². The molecule has 0 unspecified atom stereocenters. The molecule has 2 saturated heterocycles. The number of amides is 1. The first kappa shape index (κ1) is 13.3. The Labute approximate surface area is 124 Å². The largest absolute Gasteiger partial charge is 0.375 e. The fourth-order valence-corrected chi connectivity index (χ4v) is 3.89. The number of hydrogen-bond acceptors (Lipinski definition) is 4. The monoisotopic (exact) mass is 290 g/mol. The number of aromatic nitrogens is 2. The summed E-state index contributed by atoms with van der Waals surface area (Å²) in [5.74, 6) is 0.163. The molecular formula is C15H22N4O2. The van der Waals surface area contributed by atoms with Crippen LogP contribution in [0.15, 0.2) is 6.33 Å². The van der Waals surface area contributed by atoms with Gasteiger partial charge in [-0.25, -0.2) is 4.98 Å². The van der Waals surface area contributed by atoms with Crippen LogP contribution >= 0.6 is 0 Å². The van der Waals surface area contributed by atoms with Crippen LogP contribution in [0.5, 0.6) is 0 Å². The van der Waals surface area contributed by atoms with Gasteiger partial charge < -0.3 is 19.9 Å². The van der Waals surface area contributed by atoms with Gasteiger partial charge in [0.05, 0.1) is 17.6 Å². The standard InChI is InChI=1S/C15H22N4O2/c20-14(13-12-11(2-6-16-13)17-10-18-12)19-7-4-15(5-8-19)3-1-9-21-15/h10,13,16H,1-9H2,(H,17,18)/t13-/m0/s1. The Balaban J connectivity index is 1.45. The first-order valence-corrected chi connectivity index (χ1v) is 7.96. The molecule has 0 aromatic carbocycles. The molecule has 0 saturated carbocycles. The van der Waals surface area contributed by atoms with E-state index in [9.17, 15) is 4.79 Å². The van der Waals surface area contributed by atoms with E-state index in [0.29, 0.717) is 0 Å². The summed E-state index contributed by atoms with van der Waals surface area (Å²) in [4.78, 5) is 22.2. The third kappa shape index (κ3) is 2.26. The SMILES string of the molecule is O=C([C@H]1NCCc2[nH]cnc21)N1CCC2(CCCO2)CC1. The van der Waals surface area contributed by atoms with Crippen molar-refractivity contribution in [3.63, 3.8) is 0 Å². The molecule has 6 heteroatoms. The molecule has 6 nitrogen and oxygen atoms in total. The van der Waals surface area contributed by atoms with Crippen molar-refractivity contribution in [2.45, 2.75) is 43.7 Å². The number of hydrogen-bond donors (Lipinski definition) is 2. The number of carbonyl (C=O) groups excluding carboxylic acids is 1. The fraction of sp³-hybridized carbons (Fsp3) is 0.733. The first-order valence-electron chi connectivity index (χ1n) is 7.96. The van der Waals surface area contributed by atoms with E-state index in [1.807, 2.05) is 4.90 Å².